The number of rotatable bonds is 3. The van der Waals surface area contributed by atoms with E-state index in [2.05, 4.69) is 21.2 Å². The lowest BCUT2D eigenvalue weighted by Crippen LogP contribution is -2.03. The van der Waals surface area contributed by atoms with Crippen LogP contribution >= 0.6 is 15.9 Å². The Kier molecular flexibility index (Phi) is 3.76. The van der Waals surface area contributed by atoms with E-state index in [0.717, 1.165) is 15.7 Å². The fraction of sp³-hybridized carbons (Fsp3) is 0.0714. The third-order valence-corrected chi connectivity index (χ3v) is 3.38. The lowest BCUT2D eigenvalue weighted by Gasteiger charge is -2.11. The van der Waals surface area contributed by atoms with E-state index in [4.69, 9.17) is 10.8 Å². The molecule has 0 aliphatic carbocycles. The first-order chi connectivity index (χ1) is 8.97. The summed E-state index contributed by atoms with van der Waals surface area (Å²) >= 11 is 3.45. The molecule has 0 amide bonds. The van der Waals surface area contributed by atoms with Gasteiger partial charge < -0.3 is 16.2 Å². The second kappa shape index (κ2) is 5.32. The van der Waals surface area contributed by atoms with Crippen molar-refractivity contribution in [3.05, 3.63) is 52.0 Å². The first-order valence-corrected chi connectivity index (χ1v) is 6.42. The second-order valence-electron chi connectivity index (χ2n) is 4.22. The molecule has 0 saturated carbocycles. The van der Waals surface area contributed by atoms with Gasteiger partial charge >= 0.3 is 5.97 Å². The third-order valence-electron chi connectivity index (χ3n) is 2.68. The summed E-state index contributed by atoms with van der Waals surface area (Å²) in [5, 5.41) is 12.2. The number of carbonyl (C=O) groups is 1. The van der Waals surface area contributed by atoms with Gasteiger partial charge in [0, 0.05) is 15.8 Å². The smallest absolute Gasteiger partial charge is 0.337 e. The molecule has 4 nitrogen and oxygen atoms in total. The maximum Gasteiger partial charge on any atom is 0.337 e. The number of nitrogens with one attached hydrogen (secondary N) is 1. The van der Waals surface area contributed by atoms with Crippen LogP contribution in [-0.4, -0.2) is 11.1 Å². The van der Waals surface area contributed by atoms with Crippen molar-refractivity contribution >= 4 is 39.0 Å². The minimum atomic E-state index is -1.04. The number of nitrogens with two attached hydrogens (primary N) is 1. The number of benzene rings is 2. The van der Waals surface area contributed by atoms with Gasteiger partial charge in [-0.2, -0.15) is 0 Å². The molecule has 4 N–H and O–H groups in total. The van der Waals surface area contributed by atoms with E-state index < -0.39 is 5.97 Å². The molecule has 2 aromatic rings. The zero-order chi connectivity index (χ0) is 14.0. The van der Waals surface area contributed by atoms with Crippen LogP contribution in [0.4, 0.5) is 17.1 Å². The van der Waals surface area contributed by atoms with Crippen LogP contribution in [0.3, 0.4) is 0 Å². The Morgan fingerprint density at radius 2 is 2.00 bits per heavy atom. The van der Waals surface area contributed by atoms with Gasteiger partial charge in [0.05, 0.1) is 11.3 Å². The summed E-state index contributed by atoms with van der Waals surface area (Å²) in [6, 6.07) is 10.7. The number of aromatic carboxylic acids is 1. The Hall–Kier alpha value is -2.01. The Morgan fingerprint density at radius 1 is 1.26 bits per heavy atom. The molecular formula is C14H13BrN2O2. The molecule has 0 heterocycles. The summed E-state index contributed by atoms with van der Waals surface area (Å²) in [7, 11) is 0. The Bertz CT molecular complexity index is 641. The molecule has 2 rings (SSSR count). The van der Waals surface area contributed by atoms with E-state index in [-0.39, 0.29) is 11.3 Å². The van der Waals surface area contributed by atoms with E-state index in [1.807, 2.05) is 25.1 Å². The standard InChI is InChI=1S/C14H13BrN2O2/c1-8-2-4-11(15)13(6-8)17-9-3-5-12(16)10(7-9)14(18)19/h2-7,17H,16H2,1H3,(H,18,19). The van der Waals surface area contributed by atoms with Crippen LogP contribution in [0.15, 0.2) is 40.9 Å². The normalized spacial score (nSPS) is 10.2. The van der Waals surface area contributed by atoms with Gasteiger partial charge in [0.15, 0.2) is 0 Å². The summed E-state index contributed by atoms with van der Waals surface area (Å²) in [6.45, 7) is 1.99. The molecule has 0 saturated heterocycles. The average Bonchev–Trinajstić information content (AvgIpc) is 2.36. The molecule has 0 aliphatic heterocycles. The van der Waals surface area contributed by atoms with E-state index in [1.54, 1.807) is 12.1 Å². The highest BCUT2D eigenvalue weighted by molar-refractivity contribution is 9.10. The number of hydrogen-bond donors (Lipinski definition) is 3. The van der Waals surface area contributed by atoms with Gasteiger partial charge in [0.2, 0.25) is 0 Å². The van der Waals surface area contributed by atoms with Crippen LogP contribution in [0, 0.1) is 6.92 Å². The molecule has 0 aliphatic rings. The average molecular weight is 321 g/mol. The predicted octanol–water partition coefficient (Wildman–Crippen LogP) is 3.78. The van der Waals surface area contributed by atoms with Gasteiger partial charge in [0.25, 0.3) is 0 Å². The second-order valence-corrected chi connectivity index (χ2v) is 5.07. The van der Waals surface area contributed by atoms with Gasteiger partial charge in [0.1, 0.15) is 0 Å². The summed E-state index contributed by atoms with van der Waals surface area (Å²) in [5.74, 6) is -1.04. The van der Waals surface area contributed by atoms with Crippen LogP contribution in [0.2, 0.25) is 0 Å². The zero-order valence-corrected chi connectivity index (χ0v) is 11.9. The lowest BCUT2D eigenvalue weighted by atomic mass is 10.1. The van der Waals surface area contributed by atoms with Crippen LogP contribution in [0.5, 0.6) is 0 Å². The summed E-state index contributed by atoms with van der Waals surface area (Å²) < 4.78 is 0.909. The number of nitrogen functional groups attached to an aromatic ring is 1. The molecule has 0 bridgehead atoms. The molecule has 0 fully saturated rings. The van der Waals surface area contributed by atoms with Crippen molar-refractivity contribution < 1.29 is 9.90 Å². The Morgan fingerprint density at radius 3 is 2.68 bits per heavy atom. The van der Waals surface area contributed by atoms with Gasteiger partial charge in [-0.05, 0) is 58.7 Å². The minimum Gasteiger partial charge on any atom is -0.478 e. The van der Waals surface area contributed by atoms with Crippen molar-refractivity contribution in [1.29, 1.82) is 0 Å². The van der Waals surface area contributed by atoms with Crippen molar-refractivity contribution in [2.75, 3.05) is 11.1 Å². The highest BCUT2D eigenvalue weighted by Gasteiger charge is 2.09. The first kappa shape index (κ1) is 13.4. The maximum absolute atomic E-state index is 11.0. The number of carboxylic acids is 1. The van der Waals surface area contributed by atoms with Gasteiger partial charge in [-0.15, -0.1) is 0 Å². The molecule has 19 heavy (non-hydrogen) atoms. The summed E-state index contributed by atoms with van der Waals surface area (Å²) in [4.78, 5) is 11.0. The van der Waals surface area contributed by atoms with Crippen LogP contribution in [0.25, 0.3) is 0 Å². The highest BCUT2D eigenvalue weighted by atomic mass is 79.9. The predicted molar refractivity (Wildman–Crippen MR) is 80.0 cm³/mol. The summed E-state index contributed by atoms with van der Waals surface area (Å²) in [6.07, 6.45) is 0. The van der Waals surface area contributed by atoms with Crippen molar-refractivity contribution in [1.82, 2.24) is 0 Å². The Labute approximate surface area is 119 Å². The molecular weight excluding hydrogens is 308 g/mol. The fourth-order valence-corrected chi connectivity index (χ4v) is 2.06. The maximum atomic E-state index is 11.0. The van der Waals surface area contributed by atoms with Crippen molar-refractivity contribution in [3.63, 3.8) is 0 Å². The van der Waals surface area contributed by atoms with Crippen molar-refractivity contribution in [3.8, 4) is 0 Å². The fourth-order valence-electron chi connectivity index (χ4n) is 1.71. The van der Waals surface area contributed by atoms with E-state index in [1.165, 1.54) is 6.07 Å². The topological polar surface area (TPSA) is 75.3 Å². The molecule has 0 unspecified atom stereocenters. The SMILES string of the molecule is Cc1ccc(Br)c(Nc2ccc(N)c(C(=O)O)c2)c1. The van der Waals surface area contributed by atoms with Gasteiger partial charge in [-0.3, -0.25) is 0 Å². The molecule has 0 spiro atoms. The number of halogens is 1. The number of anilines is 3. The minimum absolute atomic E-state index is 0.0915. The Balaban J connectivity index is 2.36. The van der Waals surface area contributed by atoms with E-state index >= 15 is 0 Å². The van der Waals surface area contributed by atoms with Crippen LogP contribution in [-0.2, 0) is 0 Å². The molecule has 98 valence electrons. The molecule has 5 heteroatoms. The largest absolute Gasteiger partial charge is 0.478 e. The van der Waals surface area contributed by atoms with E-state index in [0.29, 0.717) is 5.69 Å². The van der Waals surface area contributed by atoms with Gasteiger partial charge in [-0.25, -0.2) is 4.79 Å². The van der Waals surface area contributed by atoms with Crippen LogP contribution in [0.1, 0.15) is 15.9 Å². The van der Waals surface area contributed by atoms with Crippen molar-refractivity contribution in [2.24, 2.45) is 0 Å². The number of hydrogen-bond acceptors (Lipinski definition) is 3. The number of aryl methyl sites for hydroxylation is 1. The molecule has 0 atom stereocenters. The quantitative estimate of drug-likeness (QED) is 0.752. The highest BCUT2D eigenvalue weighted by Crippen LogP contribution is 2.28. The summed E-state index contributed by atoms with van der Waals surface area (Å²) in [5.41, 5.74) is 8.63. The van der Waals surface area contributed by atoms with Gasteiger partial charge in [-0.1, -0.05) is 6.07 Å². The van der Waals surface area contributed by atoms with E-state index in [9.17, 15) is 4.79 Å². The molecule has 2 aromatic carbocycles. The molecule has 0 radical (unpaired) electrons. The van der Waals surface area contributed by atoms with Crippen LogP contribution < -0.4 is 11.1 Å². The monoisotopic (exact) mass is 320 g/mol. The lowest BCUT2D eigenvalue weighted by molar-refractivity contribution is 0.0698. The zero-order valence-electron chi connectivity index (χ0n) is 10.3. The van der Waals surface area contributed by atoms with Crippen molar-refractivity contribution in [2.45, 2.75) is 6.92 Å². The first-order valence-electron chi connectivity index (χ1n) is 5.63. The third kappa shape index (κ3) is 3.06. The number of carboxylic acid groups (broad SMARTS) is 1. The molecule has 0 aromatic heterocycles.